The molecule has 2 aliphatic heterocycles. The molecule has 1 amide bonds. The molecule has 1 aromatic rings. The Morgan fingerprint density at radius 1 is 1.31 bits per heavy atom. The molecule has 2 aliphatic rings. The van der Waals surface area contributed by atoms with Crippen LogP contribution in [0, 0.1) is 0 Å². The molecular formula is C20H29F3IN5O3. The van der Waals surface area contributed by atoms with Gasteiger partial charge in [0.2, 0.25) is 5.88 Å². The molecule has 2 fully saturated rings. The lowest BCUT2D eigenvalue weighted by Gasteiger charge is -2.37. The minimum absolute atomic E-state index is 0. The summed E-state index contributed by atoms with van der Waals surface area (Å²) in [5.41, 5.74) is -0.905. The highest BCUT2D eigenvalue weighted by Gasteiger charge is 2.35. The van der Waals surface area contributed by atoms with Gasteiger partial charge >= 0.3 is 6.18 Å². The number of carbonyl (C=O) groups is 1. The summed E-state index contributed by atoms with van der Waals surface area (Å²) in [6.45, 7) is 5.73. The third-order valence-corrected chi connectivity index (χ3v) is 5.10. The first-order valence-corrected chi connectivity index (χ1v) is 10.5. The lowest BCUT2D eigenvalue weighted by atomic mass is 10.2. The number of alkyl halides is 3. The van der Waals surface area contributed by atoms with Gasteiger partial charge in [-0.3, -0.25) is 4.79 Å². The molecule has 0 aliphatic carbocycles. The maximum absolute atomic E-state index is 13.0. The maximum atomic E-state index is 13.0. The summed E-state index contributed by atoms with van der Waals surface area (Å²) in [4.78, 5) is 24.5. The van der Waals surface area contributed by atoms with E-state index in [1.165, 1.54) is 12.3 Å². The fourth-order valence-electron chi connectivity index (χ4n) is 3.56. The molecule has 0 spiro atoms. The SMILES string of the molecule is CCNC(=NCCOc1ncccc1C(F)(F)F)N1CCN(C(=O)C2CCCO2)CC1.I. The number of pyridine rings is 1. The van der Waals surface area contributed by atoms with Crippen LogP contribution >= 0.6 is 24.0 Å². The van der Waals surface area contributed by atoms with Crippen molar-refractivity contribution in [2.45, 2.75) is 32.0 Å². The molecule has 1 unspecified atom stereocenters. The van der Waals surface area contributed by atoms with Crippen LogP contribution < -0.4 is 10.1 Å². The van der Waals surface area contributed by atoms with E-state index in [4.69, 9.17) is 9.47 Å². The summed E-state index contributed by atoms with van der Waals surface area (Å²) in [7, 11) is 0. The predicted octanol–water partition coefficient (Wildman–Crippen LogP) is 2.39. The van der Waals surface area contributed by atoms with Gasteiger partial charge in [0.1, 0.15) is 18.3 Å². The first kappa shape index (κ1) is 26.4. The molecule has 12 heteroatoms. The highest BCUT2D eigenvalue weighted by Crippen LogP contribution is 2.34. The number of halogens is 4. The number of hydrogen-bond acceptors (Lipinski definition) is 5. The van der Waals surface area contributed by atoms with Crippen molar-refractivity contribution in [3.05, 3.63) is 23.9 Å². The minimum Gasteiger partial charge on any atom is -0.475 e. The monoisotopic (exact) mass is 571 g/mol. The zero-order chi connectivity index (χ0) is 22.3. The summed E-state index contributed by atoms with van der Waals surface area (Å²) in [6, 6.07) is 2.16. The average Bonchev–Trinajstić information content (AvgIpc) is 3.30. The Balaban J connectivity index is 0.00000363. The molecule has 1 atom stereocenters. The van der Waals surface area contributed by atoms with Gasteiger partial charge < -0.3 is 24.6 Å². The first-order chi connectivity index (χ1) is 14.9. The Morgan fingerprint density at radius 3 is 2.66 bits per heavy atom. The third-order valence-electron chi connectivity index (χ3n) is 5.10. The van der Waals surface area contributed by atoms with Crippen LogP contribution in [-0.2, 0) is 15.7 Å². The molecule has 0 saturated carbocycles. The van der Waals surface area contributed by atoms with Crippen LogP contribution in [-0.4, -0.2) is 85.2 Å². The number of guanidine groups is 1. The summed E-state index contributed by atoms with van der Waals surface area (Å²) in [6.07, 6.45) is -1.90. The van der Waals surface area contributed by atoms with Gasteiger partial charge in [0, 0.05) is 45.5 Å². The third kappa shape index (κ3) is 7.09. The zero-order valence-corrected chi connectivity index (χ0v) is 20.3. The second-order valence-corrected chi connectivity index (χ2v) is 7.25. The number of aliphatic imine (C=N–C) groups is 1. The van der Waals surface area contributed by atoms with Crippen molar-refractivity contribution >= 4 is 35.8 Å². The van der Waals surface area contributed by atoms with Crippen molar-refractivity contribution in [1.29, 1.82) is 0 Å². The van der Waals surface area contributed by atoms with Gasteiger partial charge in [0.25, 0.3) is 5.91 Å². The van der Waals surface area contributed by atoms with Gasteiger partial charge in [0.15, 0.2) is 5.96 Å². The summed E-state index contributed by atoms with van der Waals surface area (Å²) in [5.74, 6) is 0.243. The standard InChI is InChI=1S/C20H28F3N5O3.HI/c1-2-24-19(26-8-14-31-17-15(20(21,22)23)5-3-7-25-17)28-11-9-27(10-12-28)18(29)16-6-4-13-30-16;/h3,5,7,16H,2,4,6,8-14H2,1H3,(H,24,26);1H. The van der Waals surface area contributed by atoms with Crippen LogP contribution in [0.5, 0.6) is 5.88 Å². The Bertz CT molecular complexity index is 767. The number of hydrogen-bond donors (Lipinski definition) is 1. The molecule has 8 nitrogen and oxygen atoms in total. The smallest absolute Gasteiger partial charge is 0.421 e. The second-order valence-electron chi connectivity index (χ2n) is 7.25. The number of rotatable bonds is 6. The first-order valence-electron chi connectivity index (χ1n) is 10.5. The summed E-state index contributed by atoms with van der Waals surface area (Å²) < 4.78 is 49.8. The molecule has 1 N–H and O–H groups in total. The highest BCUT2D eigenvalue weighted by atomic mass is 127. The molecular weight excluding hydrogens is 542 g/mol. The predicted molar refractivity (Wildman–Crippen MR) is 123 cm³/mol. The van der Waals surface area contributed by atoms with E-state index < -0.39 is 17.6 Å². The van der Waals surface area contributed by atoms with E-state index in [-0.39, 0.29) is 49.1 Å². The average molecular weight is 571 g/mol. The Kier molecular flexibility index (Phi) is 10.3. The van der Waals surface area contributed by atoms with Gasteiger partial charge in [-0.25, -0.2) is 9.98 Å². The van der Waals surface area contributed by atoms with E-state index in [2.05, 4.69) is 15.3 Å². The van der Waals surface area contributed by atoms with Crippen LogP contribution in [0.2, 0.25) is 0 Å². The van der Waals surface area contributed by atoms with Crippen LogP contribution in [0.3, 0.4) is 0 Å². The molecule has 0 bridgehead atoms. The Morgan fingerprint density at radius 2 is 2.03 bits per heavy atom. The largest absolute Gasteiger partial charge is 0.475 e. The molecule has 0 radical (unpaired) electrons. The zero-order valence-electron chi connectivity index (χ0n) is 17.9. The van der Waals surface area contributed by atoms with E-state index >= 15 is 0 Å². The molecule has 3 heterocycles. The van der Waals surface area contributed by atoms with Crippen LogP contribution in [0.25, 0.3) is 0 Å². The normalized spacial score (nSPS) is 19.5. The quantitative estimate of drug-likeness (QED) is 0.245. The van der Waals surface area contributed by atoms with E-state index in [9.17, 15) is 18.0 Å². The number of amides is 1. The Labute approximate surface area is 202 Å². The van der Waals surface area contributed by atoms with Crippen molar-refractivity contribution in [2.24, 2.45) is 4.99 Å². The summed E-state index contributed by atoms with van der Waals surface area (Å²) in [5, 5.41) is 3.18. The Hall–Kier alpha value is -1.83. The van der Waals surface area contributed by atoms with Gasteiger partial charge in [-0.1, -0.05) is 0 Å². The second kappa shape index (κ2) is 12.4. The topological polar surface area (TPSA) is 79.3 Å². The van der Waals surface area contributed by atoms with Crippen LogP contribution in [0.4, 0.5) is 13.2 Å². The van der Waals surface area contributed by atoms with Gasteiger partial charge in [-0.05, 0) is 31.9 Å². The molecule has 0 aromatic carbocycles. The number of ether oxygens (including phenoxy) is 2. The molecule has 180 valence electrons. The fourth-order valence-corrected chi connectivity index (χ4v) is 3.56. The van der Waals surface area contributed by atoms with Crippen molar-refractivity contribution in [2.75, 3.05) is 52.5 Å². The summed E-state index contributed by atoms with van der Waals surface area (Å²) >= 11 is 0. The molecule has 2 saturated heterocycles. The number of nitrogens with one attached hydrogen (secondary N) is 1. The lowest BCUT2D eigenvalue weighted by Crippen LogP contribution is -2.55. The number of carbonyl (C=O) groups excluding carboxylic acids is 1. The van der Waals surface area contributed by atoms with Gasteiger partial charge in [0.05, 0.1) is 6.54 Å². The van der Waals surface area contributed by atoms with Crippen molar-refractivity contribution < 1.29 is 27.4 Å². The van der Waals surface area contributed by atoms with E-state index in [1.807, 2.05) is 16.7 Å². The number of piperazine rings is 1. The molecule has 1 aromatic heterocycles. The van der Waals surface area contributed by atoms with Crippen LogP contribution in [0.15, 0.2) is 23.3 Å². The fraction of sp³-hybridized carbons (Fsp3) is 0.650. The minimum atomic E-state index is -4.53. The maximum Gasteiger partial charge on any atom is 0.421 e. The number of aromatic nitrogens is 1. The molecule has 32 heavy (non-hydrogen) atoms. The van der Waals surface area contributed by atoms with E-state index in [1.54, 1.807) is 0 Å². The number of nitrogens with zero attached hydrogens (tertiary/aromatic N) is 4. The lowest BCUT2D eigenvalue weighted by molar-refractivity contribution is -0.142. The van der Waals surface area contributed by atoms with E-state index in [0.717, 1.165) is 18.9 Å². The van der Waals surface area contributed by atoms with Crippen molar-refractivity contribution in [3.8, 4) is 5.88 Å². The van der Waals surface area contributed by atoms with Crippen molar-refractivity contribution in [1.82, 2.24) is 20.1 Å². The van der Waals surface area contributed by atoms with Gasteiger partial charge in [-0.2, -0.15) is 13.2 Å². The van der Waals surface area contributed by atoms with Gasteiger partial charge in [-0.15, -0.1) is 24.0 Å². The van der Waals surface area contributed by atoms with Crippen molar-refractivity contribution in [3.63, 3.8) is 0 Å². The molecule has 3 rings (SSSR count). The van der Waals surface area contributed by atoms with Crippen LogP contribution in [0.1, 0.15) is 25.3 Å². The highest BCUT2D eigenvalue weighted by molar-refractivity contribution is 14.0. The van der Waals surface area contributed by atoms with E-state index in [0.29, 0.717) is 45.3 Å².